The molecule has 2 N–H and O–H groups in total. The number of halogens is 3. The summed E-state index contributed by atoms with van der Waals surface area (Å²) in [5.41, 5.74) is -0.568. The van der Waals surface area contributed by atoms with Crippen LogP contribution in [0.1, 0.15) is 5.56 Å². The predicted octanol–water partition coefficient (Wildman–Crippen LogP) is 4.86. The summed E-state index contributed by atoms with van der Waals surface area (Å²) in [6.07, 6.45) is -4.69. The molecule has 164 valence electrons. The Morgan fingerprint density at radius 2 is 1.56 bits per heavy atom. The van der Waals surface area contributed by atoms with Crippen LogP contribution in [0.2, 0.25) is 0 Å². The second kappa shape index (κ2) is 8.09. The third-order valence-electron chi connectivity index (χ3n) is 4.37. The summed E-state index contributed by atoms with van der Waals surface area (Å²) in [5, 5.41) is 8.81. The van der Waals surface area contributed by atoms with Crippen LogP contribution in [0, 0.1) is 0 Å². The lowest BCUT2D eigenvalue weighted by Crippen LogP contribution is -2.11. The zero-order chi connectivity index (χ0) is 22.9. The molecule has 0 atom stereocenters. The van der Waals surface area contributed by atoms with E-state index in [9.17, 15) is 21.6 Å². The van der Waals surface area contributed by atoms with Crippen LogP contribution in [-0.2, 0) is 16.2 Å². The van der Waals surface area contributed by atoms with Crippen LogP contribution in [-0.4, -0.2) is 18.6 Å². The lowest BCUT2D eigenvalue weighted by atomic mass is 10.1. The highest BCUT2D eigenvalue weighted by molar-refractivity contribution is 7.89. The van der Waals surface area contributed by atoms with Crippen LogP contribution in [0.25, 0.3) is 22.8 Å². The fourth-order valence-corrected chi connectivity index (χ4v) is 3.36. The van der Waals surface area contributed by atoms with Crippen LogP contribution in [0.5, 0.6) is 11.5 Å². The molecule has 0 aliphatic rings. The molecule has 0 saturated carbocycles. The van der Waals surface area contributed by atoms with Gasteiger partial charge in [-0.05, 0) is 54.6 Å². The molecular weight excluding hydrogens is 447 g/mol. The topological polar surface area (TPSA) is 108 Å². The quantitative estimate of drug-likeness (QED) is 0.455. The number of para-hydroxylation sites is 1. The van der Waals surface area contributed by atoms with E-state index >= 15 is 0 Å². The van der Waals surface area contributed by atoms with Crippen molar-refractivity contribution in [2.75, 3.05) is 0 Å². The van der Waals surface area contributed by atoms with Gasteiger partial charge in [0.1, 0.15) is 11.5 Å². The molecule has 0 saturated heterocycles. The van der Waals surface area contributed by atoms with Gasteiger partial charge in [-0.1, -0.05) is 23.4 Å². The number of rotatable bonds is 5. The number of nitrogens with two attached hydrogens (primary N) is 1. The SMILES string of the molecule is NS(=O)(=O)c1ccc(-c2noc(-c3ccc(Oc4ccccc4)c(C(F)(F)F)c3)n2)cc1. The molecule has 0 bridgehead atoms. The normalized spacial score (nSPS) is 12.0. The van der Waals surface area contributed by atoms with Crippen molar-refractivity contribution in [2.24, 2.45) is 5.14 Å². The van der Waals surface area contributed by atoms with Gasteiger partial charge in [0.15, 0.2) is 0 Å². The Labute approximate surface area is 180 Å². The summed E-state index contributed by atoms with van der Waals surface area (Å²) < 4.78 is 74.1. The molecule has 0 spiro atoms. The third kappa shape index (κ3) is 4.63. The van der Waals surface area contributed by atoms with Gasteiger partial charge in [0.25, 0.3) is 5.89 Å². The van der Waals surface area contributed by atoms with Crippen molar-refractivity contribution in [1.82, 2.24) is 10.1 Å². The molecule has 4 rings (SSSR count). The highest BCUT2D eigenvalue weighted by Gasteiger charge is 2.35. The first-order valence-electron chi connectivity index (χ1n) is 9.03. The van der Waals surface area contributed by atoms with Gasteiger partial charge < -0.3 is 9.26 Å². The highest BCUT2D eigenvalue weighted by atomic mass is 32.2. The molecule has 1 heterocycles. The van der Waals surface area contributed by atoms with E-state index in [1.54, 1.807) is 30.3 Å². The predicted molar refractivity (Wildman–Crippen MR) is 108 cm³/mol. The fraction of sp³-hybridized carbons (Fsp3) is 0.0476. The van der Waals surface area contributed by atoms with Gasteiger partial charge in [-0.15, -0.1) is 0 Å². The minimum Gasteiger partial charge on any atom is -0.457 e. The molecule has 4 aromatic rings. The van der Waals surface area contributed by atoms with Crippen molar-refractivity contribution in [3.8, 4) is 34.3 Å². The van der Waals surface area contributed by atoms with Crippen LogP contribution in [0.3, 0.4) is 0 Å². The summed E-state index contributed by atoms with van der Waals surface area (Å²) in [7, 11) is -3.87. The Hall–Kier alpha value is -3.70. The average Bonchev–Trinajstić information content (AvgIpc) is 3.24. The van der Waals surface area contributed by atoms with E-state index in [1.165, 1.54) is 36.4 Å². The number of ether oxygens (including phenoxy) is 1. The number of aromatic nitrogens is 2. The first-order valence-corrected chi connectivity index (χ1v) is 10.6. The van der Waals surface area contributed by atoms with E-state index in [2.05, 4.69) is 10.1 Å². The zero-order valence-corrected chi connectivity index (χ0v) is 16.9. The summed E-state index contributed by atoms with van der Waals surface area (Å²) in [5.74, 6) is -0.189. The first-order chi connectivity index (χ1) is 15.1. The standard InChI is InChI=1S/C21H14F3N3O4S/c22-21(23,24)17-12-14(8-11-18(17)30-15-4-2-1-3-5-15)20-26-19(27-31-20)13-6-9-16(10-7-13)32(25,28)29/h1-12H,(H2,25,28,29). The van der Waals surface area contributed by atoms with Crippen molar-refractivity contribution >= 4 is 10.0 Å². The van der Waals surface area contributed by atoms with E-state index in [4.69, 9.17) is 14.4 Å². The number of alkyl halides is 3. The number of nitrogens with zero attached hydrogens (tertiary/aromatic N) is 2. The first kappa shape index (κ1) is 21.5. The number of hydrogen-bond donors (Lipinski definition) is 1. The van der Waals surface area contributed by atoms with Crippen molar-refractivity contribution in [3.63, 3.8) is 0 Å². The second-order valence-corrected chi connectivity index (χ2v) is 8.18. The maximum atomic E-state index is 13.6. The van der Waals surface area contributed by atoms with E-state index < -0.39 is 21.8 Å². The summed E-state index contributed by atoms with van der Waals surface area (Å²) in [6.45, 7) is 0. The summed E-state index contributed by atoms with van der Waals surface area (Å²) in [6, 6.07) is 16.8. The van der Waals surface area contributed by atoms with Crippen LogP contribution >= 0.6 is 0 Å². The maximum Gasteiger partial charge on any atom is 0.420 e. The van der Waals surface area contributed by atoms with Gasteiger partial charge in [-0.2, -0.15) is 18.2 Å². The van der Waals surface area contributed by atoms with Gasteiger partial charge in [-0.3, -0.25) is 0 Å². The molecule has 32 heavy (non-hydrogen) atoms. The molecule has 1 aromatic heterocycles. The van der Waals surface area contributed by atoms with E-state index in [-0.39, 0.29) is 33.7 Å². The Balaban J connectivity index is 1.66. The molecule has 7 nitrogen and oxygen atoms in total. The lowest BCUT2D eigenvalue weighted by molar-refractivity contribution is -0.138. The highest BCUT2D eigenvalue weighted by Crippen LogP contribution is 2.40. The second-order valence-electron chi connectivity index (χ2n) is 6.62. The molecule has 3 aromatic carbocycles. The Bertz CT molecular complexity index is 1350. The zero-order valence-electron chi connectivity index (χ0n) is 16.1. The number of hydrogen-bond acceptors (Lipinski definition) is 6. The number of sulfonamides is 1. The molecule has 0 aliphatic heterocycles. The Morgan fingerprint density at radius 3 is 2.19 bits per heavy atom. The van der Waals surface area contributed by atoms with Crippen LogP contribution in [0.4, 0.5) is 13.2 Å². The van der Waals surface area contributed by atoms with Crippen molar-refractivity contribution in [2.45, 2.75) is 11.1 Å². The van der Waals surface area contributed by atoms with Crippen LogP contribution in [0.15, 0.2) is 82.2 Å². The van der Waals surface area contributed by atoms with E-state index in [1.807, 2.05) is 0 Å². The van der Waals surface area contributed by atoms with E-state index in [0.717, 1.165) is 6.07 Å². The van der Waals surface area contributed by atoms with Crippen LogP contribution < -0.4 is 9.88 Å². The van der Waals surface area contributed by atoms with E-state index in [0.29, 0.717) is 5.56 Å². The van der Waals surface area contributed by atoms with Crippen molar-refractivity contribution in [3.05, 3.63) is 78.4 Å². The Kier molecular flexibility index (Phi) is 5.45. The molecule has 0 fully saturated rings. The van der Waals surface area contributed by atoms with Gasteiger partial charge in [-0.25, -0.2) is 13.6 Å². The van der Waals surface area contributed by atoms with Gasteiger partial charge >= 0.3 is 6.18 Å². The Morgan fingerprint density at radius 1 is 0.906 bits per heavy atom. The summed E-state index contributed by atoms with van der Waals surface area (Å²) in [4.78, 5) is 4.01. The number of benzene rings is 3. The maximum absolute atomic E-state index is 13.6. The third-order valence-corrected chi connectivity index (χ3v) is 5.30. The fourth-order valence-electron chi connectivity index (χ4n) is 2.84. The molecule has 0 amide bonds. The monoisotopic (exact) mass is 461 g/mol. The smallest absolute Gasteiger partial charge is 0.420 e. The van der Waals surface area contributed by atoms with Gasteiger partial charge in [0.2, 0.25) is 15.8 Å². The largest absolute Gasteiger partial charge is 0.457 e. The van der Waals surface area contributed by atoms with Crippen molar-refractivity contribution in [1.29, 1.82) is 0 Å². The molecular formula is C21H14F3N3O4S. The lowest BCUT2D eigenvalue weighted by Gasteiger charge is -2.14. The number of primary sulfonamides is 1. The molecule has 11 heteroatoms. The van der Waals surface area contributed by atoms with Crippen molar-refractivity contribution < 1.29 is 30.8 Å². The average molecular weight is 461 g/mol. The minimum atomic E-state index is -4.69. The van der Waals surface area contributed by atoms with Gasteiger partial charge in [0, 0.05) is 11.1 Å². The molecule has 0 aliphatic carbocycles. The summed E-state index contributed by atoms with van der Waals surface area (Å²) >= 11 is 0. The molecule has 0 radical (unpaired) electrons. The molecule has 0 unspecified atom stereocenters. The minimum absolute atomic E-state index is 0.0395. The van der Waals surface area contributed by atoms with Gasteiger partial charge in [0.05, 0.1) is 10.5 Å².